The number of benzene rings is 4. The second-order valence-corrected chi connectivity index (χ2v) is 17.6. The largest absolute Gasteiger partial charge is 0.744 e. The maximum Gasteiger partial charge on any atom is 0.323 e. The van der Waals surface area contributed by atoms with Crippen LogP contribution in [-0.4, -0.2) is 91.1 Å². The van der Waals surface area contributed by atoms with Gasteiger partial charge in [0.1, 0.15) is 63.4 Å². The minimum absolute atomic E-state index is 0.0810. The van der Waals surface area contributed by atoms with E-state index in [1.54, 1.807) is 0 Å². The van der Waals surface area contributed by atoms with E-state index in [0.29, 0.717) is 12.1 Å². The number of Topliss-reactive ketones (excluding diaryl/α,β-unsaturated/α-hetero) is 2. The number of nitrogens with zero attached hydrogens (tertiary/aromatic N) is 2. The number of amides is 2. The Morgan fingerprint density at radius 2 is 0.883 bits per heavy atom. The number of nitrogens with one attached hydrogen (secondary N) is 4. The number of aromatic hydroxyl groups is 2. The molecule has 27 heteroatoms. The van der Waals surface area contributed by atoms with Gasteiger partial charge in [0.15, 0.2) is 0 Å². The molecule has 4 aromatic rings. The fourth-order valence-corrected chi connectivity index (χ4v) is 7.76. The Morgan fingerprint density at radius 3 is 1.22 bits per heavy atom. The summed E-state index contributed by atoms with van der Waals surface area (Å²) in [5.41, 5.74) is 0.0836. The van der Waals surface area contributed by atoms with Gasteiger partial charge in [0.05, 0.1) is 31.0 Å². The summed E-state index contributed by atoms with van der Waals surface area (Å²) < 4.78 is 141. The molecule has 0 radical (unpaired) electrons. The number of urea groups is 1. The van der Waals surface area contributed by atoms with Gasteiger partial charge in [-0.15, -0.1) is 0 Å². The fourth-order valence-electron chi connectivity index (χ4n) is 5.47. The van der Waals surface area contributed by atoms with Crippen molar-refractivity contribution in [2.75, 3.05) is 21.5 Å². The van der Waals surface area contributed by atoms with Crippen molar-refractivity contribution in [2.45, 2.75) is 9.79 Å². The number of fused-ring (bicyclic) bond motifs is 2. The number of carbonyl (C=O) groups excluding carboxylic acids is 3. The van der Waals surface area contributed by atoms with Crippen LogP contribution >= 0.6 is 0 Å². The first kappa shape index (κ1) is 42.7. The predicted octanol–water partition coefficient (Wildman–Crippen LogP) is 1.65. The second-order valence-electron chi connectivity index (χ2n) is 12.2. The van der Waals surface area contributed by atoms with Gasteiger partial charge in [-0.05, 0) is 96.1 Å². The lowest BCUT2D eigenvalue weighted by Crippen LogP contribution is -2.28. The second kappa shape index (κ2) is 15.4. The number of hydrazone groups is 2. The Bertz CT molecular complexity index is 2970. The molecule has 23 nitrogen and oxygen atoms in total. The number of ketones is 2. The van der Waals surface area contributed by atoms with Crippen molar-refractivity contribution in [3.8, 4) is 11.5 Å². The highest BCUT2D eigenvalue weighted by Gasteiger charge is 2.32. The molecular formula is C33H20N6O17S4-4. The summed E-state index contributed by atoms with van der Waals surface area (Å²) in [4.78, 5) is 35.7. The van der Waals surface area contributed by atoms with Crippen molar-refractivity contribution in [1.29, 1.82) is 0 Å². The van der Waals surface area contributed by atoms with Crippen LogP contribution in [0.3, 0.4) is 0 Å². The molecule has 0 atom stereocenters. The molecule has 0 aromatic heterocycles. The number of phenols is 2. The Morgan fingerprint density at radius 1 is 0.517 bits per heavy atom. The van der Waals surface area contributed by atoms with Gasteiger partial charge in [-0.2, -0.15) is 10.2 Å². The number of phenolic OH excluding ortho intramolecular Hbond substituents is 2. The van der Waals surface area contributed by atoms with E-state index < -0.39 is 112 Å². The summed E-state index contributed by atoms with van der Waals surface area (Å²) in [6, 6.07) is 10.2. The van der Waals surface area contributed by atoms with Crippen LogP contribution in [0.1, 0.15) is 31.8 Å². The Balaban J connectivity index is 1.23. The first-order chi connectivity index (χ1) is 27.8. The highest BCUT2D eigenvalue weighted by molar-refractivity contribution is 7.91. The van der Waals surface area contributed by atoms with Crippen molar-refractivity contribution in [3.05, 3.63) is 105 Å². The summed E-state index contributed by atoms with van der Waals surface area (Å²) in [6.45, 7) is 0. The third kappa shape index (κ3) is 9.06. The summed E-state index contributed by atoms with van der Waals surface area (Å²) in [5.74, 6) is -3.61. The van der Waals surface area contributed by atoms with E-state index >= 15 is 0 Å². The van der Waals surface area contributed by atoms with Gasteiger partial charge in [-0.3, -0.25) is 20.4 Å². The first-order valence-corrected chi connectivity index (χ1v) is 21.5. The number of hydrogen-bond acceptors (Lipinski definition) is 21. The zero-order chi connectivity index (χ0) is 44.1. The molecule has 0 aliphatic heterocycles. The SMILES string of the molecule is O=C(Nc1ccc2c(c1)C=C(S(=O)(=O)[O-])C(=NNc1cc(S(=O)(=O)[O-])ccc1O)C2=O)Nc1ccc2c(c1)C=C(S(=O)(=O)[O-])C(=NNc1cc(S(=O)(=O)[O-])ccc1O)C2=O. The molecule has 4 aromatic carbocycles. The van der Waals surface area contributed by atoms with Gasteiger partial charge in [-0.1, -0.05) is 0 Å². The Hall–Kier alpha value is -6.85. The topological polar surface area (TPSA) is 393 Å². The first-order valence-electron chi connectivity index (χ1n) is 15.9. The van der Waals surface area contributed by atoms with Gasteiger partial charge in [0.25, 0.3) is 0 Å². The molecule has 0 heterocycles. The molecule has 0 saturated carbocycles. The number of rotatable bonds is 10. The van der Waals surface area contributed by atoms with E-state index in [-0.39, 0.29) is 33.6 Å². The number of allylic oxidation sites excluding steroid dienone is 2. The summed E-state index contributed by atoms with van der Waals surface area (Å²) in [6.07, 6.45) is 1.50. The van der Waals surface area contributed by atoms with Gasteiger partial charge in [0, 0.05) is 22.5 Å². The maximum absolute atomic E-state index is 13.3. The molecule has 0 saturated heterocycles. The molecule has 0 unspecified atom stereocenters. The lowest BCUT2D eigenvalue weighted by atomic mass is 9.94. The fraction of sp³-hybridized carbons (Fsp3) is 0. The van der Waals surface area contributed by atoms with E-state index in [1.165, 1.54) is 12.1 Å². The molecule has 0 spiro atoms. The molecule has 2 aliphatic rings. The van der Waals surface area contributed by atoms with Crippen molar-refractivity contribution in [1.82, 2.24) is 0 Å². The molecule has 0 fully saturated rings. The minimum Gasteiger partial charge on any atom is -0.744 e. The van der Waals surface area contributed by atoms with Crippen LogP contribution in [0.25, 0.3) is 12.2 Å². The average molecular weight is 901 g/mol. The average Bonchev–Trinajstić information content (AvgIpc) is 3.13. The quantitative estimate of drug-likeness (QED) is 0.0748. The highest BCUT2D eigenvalue weighted by Crippen LogP contribution is 2.32. The standard InChI is InChI=1S/C33H24N6O17S4/c40-25-7-3-19(57(45,46)47)13-23(25)36-38-29-27(59(51,52)53)11-15-9-17(1-5-21(15)31(29)42)34-33(44)35-18-2-6-22-16(10-18)12-28(60(54,55)56)30(32(22)43)39-37-24-14-20(58(48,49)50)4-8-26(24)41/h1-14,36-37,40-41H,(H2,34,35,44)(H,45,46,47)(H,48,49,50)(H,51,52,53)(H,54,55,56)/p-4. The maximum atomic E-state index is 13.3. The van der Waals surface area contributed by atoms with E-state index in [9.17, 15) is 76.5 Å². The van der Waals surface area contributed by atoms with Gasteiger partial charge in [-0.25, -0.2) is 38.5 Å². The number of hydrogen-bond donors (Lipinski definition) is 6. The third-order valence-corrected chi connectivity index (χ3v) is 11.6. The van der Waals surface area contributed by atoms with Gasteiger partial charge >= 0.3 is 6.03 Å². The van der Waals surface area contributed by atoms with E-state index in [0.717, 1.165) is 60.7 Å². The molecule has 312 valence electrons. The van der Waals surface area contributed by atoms with Crippen molar-refractivity contribution >= 4 is 104 Å². The van der Waals surface area contributed by atoms with Crippen LogP contribution in [0, 0.1) is 0 Å². The zero-order valence-corrected chi connectivity index (χ0v) is 32.4. The lowest BCUT2D eigenvalue weighted by Gasteiger charge is -2.21. The van der Waals surface area contributed by atoms with Crippen LogP contribution in [0.4, 0.5) is 27.5 Å². The molecule has 60 heavy (non-hydrogen) atoms. The monoisotopic (exact) mass is 900 g/mol. The van der Waals surface area contributed by atoms with Crippen LogP contribution in [0.15, 0.2) is 103 Å². The molecule has 6 rings (SSSR count). The lowest BCUT2D eigenvalue weighted by molar-refractivity contribution is 0.105. The molecule has 0 bridgehead atoms. The Labute approximate surface area is 337 Å². The van der Waals surface area contributed by atoms with Crippen molar-refractivity contribution in [2.24, 2.45) is 10.2 Å². The van der Waals surface area contributed by atoms with E-state index in [1.807, 2.05) is 0 Å². The number of carbonyl (C=O) groups is 3. The third-order valence-electron chi connectivity index (χ3n) is 8.21. The van der Waals surface area contributed by atoms with Crippen molar-refractivity contribution < 1.29 is 76.5 Å². The Kier molecular flexibility index (Phi) is 11.0. The number of anilines is 4. The molecule has 2 amide bonds. The van der Waals surface area contributed by atoms with Crippen LogP contribution in [-0.2, 0) is 40.5 Å². The van der Waals surface area contributed by atoms with E-state index in [2.05, 4.69) is 31.7 Å². The van der Waals surface area contributed by atoms with Crippen LogP contribution in [0.2, 0.25) is 0 Å². The smallest absolute Gasteiger partial charge is 0.323 e. The summed E-state index contributed by atoms with van der Waals surface area (Å²) in [7, 11) is -20.9. The molecule has 2 aliphatic carbocycles. The van der Waals surface area contributed by atoms with Gasteiger partial charge in [0.2, 0.25) is 11.6 Å². The minimum atomic E-state index is -5.45. The summed E-state index contributed by atoms with van der Waals surface area (Å²) in [5, 5.41) is 32.0. The normalized spacial score (nSPS) is 15.7. The summed E-state index contributed by atoms with van der Waals surface area (Å²) >= 11 is 0. The zero-order valence-electron chi connectivity index (χ0n) is 29.1. The van der Waals surface area contributed by atoms with Gasteiger partial charge < -0.3 is 39.1 Å². The van der Waals surface area contributed by atoms with Crippen LogP contribution < -0.4 is 21.5 Å². The van der Waals surface area contributed by atoms with Crippen molar-refractivity contribution in [3.63, 3.8) is 0 Å². The molecule has 6 N–H and O–H groups in total. The van der Waals surface area contributed by atoms with Crippen LogP contribution in [0.5, 0.6) is 11.5 Å². The highest BCUT2D eigenvalue weighted by atomic mass is 32.2. The predicted molar refractivity (Wildman–Crippen MR) is 204 cm³/mol. The molecular weight excluding hydrogens is 881 g/mol. The van der Waals surface area contributed by atoms with E-state index in [4.69, 9.17) is 0 Å².